The number of nitrogens with zero attached hydrogens (tertiary/aromatic N) is 4. The summed E-state index contributed by atoms with van der Waals surface area (Å²) in [6.07, 6.45) is 2.80. The van der Waals surface area contributed by atoms with E-state index >= 15 is 0 Å². The fourth-order valence-electron chi connectivity index (χ4n) is 2.73. The first-order chi connectivity index (χ1) is 14.5. The summed E-state index contributed by atoms with van der Waals surface area (Å²) >= 11 is 0. The Hall–Kier alpha value is -2.27. The first-order valence-electron chi connectivity index (χ1n) is 9.64. The van der Waals surface area contributed by atoms with Gasteiger partial charge < -0.3 is 29.0 Å². The van der Waals surface area contributed by atoms with Crippen LogP contribution in [0, 0.1) is 5.41 Å². The summed E-state index contributed by atoms with van der Waals surface area (Å²) in [5.41, 5.74) is 5.49. The molecular weight excluding hydrogens is 429 g/mol. The standard InChI is InChI=1S/C18H28N5O7P/c1-17(2,3)15(24)28-10-30-31(25,27-5)11-29-18(6-7-18)8-23-9-20-12-13(23)21-16(19)22-14(12)26-4/h9H,6-8,10-11H2,1-5H3,(H2,19,21,22). The highest BCUT2D eigenvalue weighted by molar-refractivity contribution is 7.53. The molecule has 2 heterocycles. The van der Waals surface area contributed by atoms with E-state index in [0.717, 1.165) is 12.8 Å². The second-order valence-corrected chi connectivity index (χ2v) is 10.4. The first-order valence-corrected chi connectivity index (χ1v) is 11.4. The van der Waals surface area contributed by atoms with Crippen LogP contribution in [-0.2, 0) is 34.4 Å². The second kappa shape index (κ2) is 8.70. The number of esters is 1. The van der Waals surface area contributed by atoms with Crippen LogP contribution in [0.4, 0.5) is 5.95 Å². The number of carbonyl (C=O) groups is 1. The molecule has 0 saturated heterocycles. The predicted molar refractivity (Wildman–Crippen MR) is 110 cm³/mol. The monoisotopic (exact) mass is 457 g/mol. The Morgan fingerprint density at radius 1 is 1.29 bits per heavy atom. The molecule has 13 heteroatoms. The summed E-state index contributed by atoms with van der Waals surface area (Å²) in [4.78, 5) is 24.4. The van der Waals surface area contributed by atoms with Crippen molar-refractivity contribution in [3.63, 3.8) is 0 Å². The van der Waals surface area contributed by atoms with Crippen molar-refractivity contribution in [2.75, 3.05) is 33.1 Å². The summed E-state index contributed by atoms with van der Waals surface area (Å²) in [6, 6.07) is 0. The zero-order valence-corrected chi connectivity index (χ0v) is 19.2. The number of nitrogen functional groups attached to an aromatic ring is 1. The van der Waals surface area contributed by atoms with Gasteiger partial charge in [0.15, 0.2) is 11.2 Å². The Labute approximate surface area is 179 Å². The van der Waals surface area contributed by atoms with E-state index in [1.165, 1.54) is 14.2 Å². The molecule has 1 unspecified atom stereocenters. The summed E-state index contributed by atoms with van der Waals surface area (Å²) in [5, 5.41) is 0. The van der Waals surface area contributed by atoms with E-state index in [1.54, 1.807) is 31.7 Å². The minimum atomic E-state index is -3.61. The molecule has 1 fully saturated rings. The van der Waals surface area contributed by atoms with Crippen LogP contribution in [0.2, 0.25) is 0 Å². The number of methoxy groups -OCH3 is 1. The van der Waals surface area contributed by atoms with Crippen LogP contribution >= 0.6 is 7.60 Å². The van der Waals surface area contributed by atoms with Crippen LogP contribution in [0.3, 0.4) is 0 Å². The number of hydrogen-bond acceptors (Lipinski definition) is 11. The predicted octanol–water partition coefficient (Wildman–Crippen LogP) is 2.33. The molecule has 12 nitrogen and oxygen atoms in total. The molecule has 2 aromatic rings. The average molecular weight is 457 g/mol. The van der Waals surface area contributed by atoms with Gasteiger partial charge in [0, 0.05) is 7.11 Å². The molecule has 2 aromatic heterocycles. The van der Waals surface area contributed by atoms with Gasteiger partial charge in [-0.1, -0.05) is 0 Å². The van der Waals surface area contributed by atoms with Gasteiger partial charge in [-0.15, -0.1) is 0 Å². The highest BCUT2D eigenvalue weighted by atomic mass is 31.2. The van der Waals surface area contributed by atoms with Crippen LogP contribution in [0.25, 0.3) is 11.2 Å². The topological polar surface area (TPSA) is 150 Å². The summed E-state index contributed by atoms with van der Waals surface area (Å²) < 4.78 is 40.9. The molecule has 1 aliphatic carbocycles. The number of carbonyl (C=O) groups excluding carboxylic acids is 1. The normalized spacial score (nSPS) is 17.3. The number of fused-ring (bicyclic) bond motifs is 1. The lowest BCUT2D eigenvalue weighted by atomic mass is 9.98. The lowest BCUT2D eigenvalue weighted by Gasteiger charge is -2.22. The number of aromatic nitrogens is 4. The van der Waals surface area contributed by atoms with Gasteiger partial charge >= 0.3 is 13.6 Å². The van der Waals surface area contributed by atoms with E-state index in [1.807, 2.05) is 0 Å². The summed E-state index contributed by atoms with van der Waals surface area (Å²) in [6.45, 7) is 5.04. The Kier molecular flexibility index (Phi) is 6.56. The lowest BCUT2D eigenvalue weighted by Crippen LogP contribution is -2.25. The van der Waals surface area contributed by atoms with E-state index < -0.39 is 31.4 Å². The Balaban J connectivity index is 1.62. The maximum atomic E-state index is 12.8. The fourth-order valence-corrected chi connectivity index (χ4v) is 3.66. The molecule has 2 N–H and O–H groups in total. The quantitative estimate of drug-likeness (QED) is 0.318. The third kappa shape index (κ3) is 5.51. The third-order valence-corrected chi connectivity index (χ3v) is 6.27. The van der Waals surface area contributed by atoms with Gasteiger partial charge in [0.2, 0.25) is 18.6 Å². The van der Waals surface area contributed by atoms with Gasteiger partial charge in [-0.25, -0.2) is 4.98 Å². The van der Waals surface area contributed by atoms with Crippen LogP contribution in [0.1, 0.15) is 33.6 Å². The average Bonchev–Trinajstić information content (AvgIpc) is 3.38. The summed E-state index contributed by atoms with van der Waals surface area (Å²) in [5.74, 6) is -0.119. The molecule has 0 spiro atoms. The molecule has 0 amide bonds. The number of imidazole rings is 1. The molecule has 0 radical (unpaired) electrons. The van der Waals surface area contributed by atoms with Gasteiger partial charge in [-0.05, 0) is 33.6 Å². The summed E-state index contributed by atoms with van der Waals surface area (Å²) in [7, 11) is -0.880. The number of rotatable bonds is 10. The molecule has 1 aliphatic rings. The molecule has 0 bridgehead atoms. The van der Waals surface area contributed by atoms with Crippen molar-refractivity contribution in [3.8, 4) is 5.88 Å². The number of nitrogens with two attached hydrogens (primary N) is 1. The van der Waals surface area contributed by atoms with E-state index in [9.17, 15) is 9.36 Å². The van der Waals surface area contributed by atoms with Crippen molar-refractivity contribution in [1.82, 2.24) is 19.5 Å². The number of hydrogen-bond donors (Lipinski definition) is 1. The van der Waals surface area contributed by atoms with Gasteiger partial charge in [-0.2, -0.15) is 9.97 Å². The molecule has 1 saturated carbocycles. The molecule has 0 aromatic carbocycles. The Morgan fingerprint density at radius 2 is 2.00 bits per heavy atom. The van der Waals surface area contributed by atoms with Crippen molar-refractivity contribution in [3.05, 3.63) is 6.33 Å². The van der Waals surface area contributed by atoms with Crippen LogP contribution < -0.4 is 10.5 Å². The van der Waals surface area contributed by atoms with Crippen LogP contribution in [-0.4, -0.2) is 58.4 Å². The molecule has 172 valence electrons. The van der Waals surface area contributed by atoms with Crippen molar-refractivity contribution in [1.29, 1.82) is 0 Å². The highest BCUT2D eigenvalue weighted by Gasteiger charge is 2.46. The van der Waals surface area contributed by atoms with Crippen LogP contribution in [0.15, 0.2) is 6.33 Å². The highest BCUT2D eigenvalue weighted by Crippen LogP contribution is 2.51. The minimum absolute atomic E-state index is 0.0685. The Morgan fingerprint density at radius 3 is 2.58 bits per heavy atom. The molecular formula is C18H28N5O7P. The molecule has 31 heavy (non-hydrogen) atoms. The van der Waals surface area contributed by atoms with E-state index in [-0.39, 0.29) is 18.2 Å². The minimum Gasteiger partial charge on any atom is -0.479 e. The first kappa shape index (κ1) is 23.4. The van der Waals surface area contributed by atoms with Crippen molar-refractivity contribution in [2.24, 2.45) is 5.41 Å². The van der Waals surface area contributed by atoms with E-state index in [4.69, 9.17) is 29.0 Å². The third-order valence-electron chi connectivity index (χ3n) is 4.77. The van der Waals surface area contributed by atoms with Crippen molar-refractivity contribution >= 4 is 30.7 Å². The molecule has 3 rings (SSSR count). The van der Waals surface area contributed by atoms with Gasteiger partial charge in [-0.3, -0.25) is 13.9 Å². The SMILES string of the molecule is COc1nc(N)nc2c1ncn2CC1(OCP(=O)(OC)OCOC(=O)C(C)(C)C)CC1. The van der Waals surface area contributed by atoms with Crippen LogP contribution in [0.5, 0.6) is 5.88 Å². The lowest BCUT2D eigenvalue weighted by molar-refractivity contribution is -0.160. The maximum absolute atomic E-state index is 12.8. The van der Waals surface area contributed by atoms with Crippen molar-refractivity contribution in [2.45, 2.75) is 45.8 Å². The number of anilines is 1. The molecule has 1 atom stereocenters. The second-order valence-electron chi connectivity index (χ2n) is 8.31. The van der Waals surface area contributed by atoms with Gasteiger partial charge in [0.1, 0.15) is 6.35 Å². The largest absolute Gasteiger partial charge is 0.479 e. The van der Waals surface area contributed by atoms with Crippen molar-refractivity contribution < 1.29 is 32.6 Å². The van der Waals surface area contributed by atoms with Gasteiger partial charge in [0.25, 0.3) is 0 Å². The van der Waals surface area contributed by atoms with E-state index in [2.05, 4.69) is 15.0 Å². The zero-order chi connectivity index (χ0) is 22.9. The Bertz CT molecular complexity index is 999. The smallest absolute Gasteiger partial charge is 0.358 e. The zero-order valence-electron chi connectivity index (χ0n) is 18.3. The fraction of sp³-hybridized carbons (Fsp3) is 0.667. The number of ether oxygens (including phenoxy) is 3. The van der Waals surface area contributed by atoms with Gasteiger partial charge in [0.05, 0.1) is 31.0 Å². The molecule has 0 aliphatic heterocycles. The van der Waals surface area contributed by atoms with E-state index in [0.29, 0.717) is 17.7 Å². The maximum Gasteiger partial charge on any atom is 0.358 e.